The van der Waals surface area contributed by atoms with Crippen LogP contribution in [0.3, 0.4) is 0 Å². The van der Waals surface area contributed by atoms with E-state index in [1.54, 1.807) is 18.4 Å². The zero-order chi connectivity index (χ0) is 14.7. The van der Waals surface area contributed by atoms with Crippen molar-refractivity contribution in [2.24, 2.45) is 0 Å². The third-order valence-electron chi connectivity index (χ3n) is 2.88. The summed E-state index contributed by atoms with van der Waals surface area (Å²) in [6.45, 7) is 0. The number of hydrogen-bond donors (Lipinski definition) is 2. The number of nitrogens with one attached hydrogen (secondary N) is 2. The molecule has 1 heterocycles. The van der Waals surface area contributed by atoms with Gasteiger partial charge in [0.2, 0.25) is 0 Å². The van der Waals surface area contributed by atoms with Crippen molar-refractivity contribution < 1.29 is 4.21 Å². The average molecular weight is 313 g/mol. The fourth-order valence-electron chi connectivity index (χ4n) is 1.85. The Morgan fingerprint density at radius 3 is 2.70 bits per heavy atom. The number of aromatic nitrogens is 2. The minimum Gasteiger partial charge on any atom is -0.305 e. The number of aryl methyl sites for hydroxylation is 1. The van der Waals surface area contributed by atoms with E-state index in [1.807, 2.05) is 6.07 Å². The molecule has 2 N–H and O–H groups in total. The lowest BCUT2D eigenvalue weighted by atomic mass is 10.0. The molecule has 0 saturated heterocycles. The molecule has 5 nitrogen and oxygen atoms in total. The quantitative estimate of drug-likeness (QED) is 0.835. The van der Waals surface area contributed by atoms with Gasteiger partial charge in [-0.15, -0.1) is 0 Å². The van der Waals surface area contributed by atoms with Gasteiger partial charge < -0.3 is 5.10 Å². The predicted octanol–water partition coefficient (Wildman–Crippen LogP) is 1.30. The van der Waals surface area contributed by atoms with E-state index in [1.165, 1.54) is 6.20 Å². The van der Waals surface area contributed by atoms with Crippen LogP contribution in [0, 0.1) is 0 Å². The molecule has 0 bridgehead atoms. The summed E-state index contributed by atoms with van der Waals surface area (Å²) >= 11 is 6.29. The number of aromatic amines is 2. The molecule has 2 aromatic rings. The van der Waals surface area contributed by atoms with E-state index < -0.39 is 21.8 Å². The van der Waals surface area contributed by atoms with E-state index in [-0.39, 0.29) is 5.56 Å². The highest BCUT2D eigenvalue weighted by molar-refractivity contribution is 7.84. The lowest BCUT2D eigenvalue weighted by molar-refractivity contribution is 0.686. The monoisotopic (exact) mass is 312 g/mol. The smallest absolute Gasteiger partial charge is 0.305 e. The Bertz CT molecular complexity index is 767. The molecule has 2 rings (SSSR count). The SMILES string of the molecule is C[S@](=O)CCc1cccc(-c2c[nH][nH]c(=O)c2=O)c1Cl. The molecule has 0 saturated carbocycles. The van der Waals surface area contributed by atoms with Gasteiger partial charge in [-0.25, -0.2) is 0 Å². The molecule has 7 heteroatoms. The van der Waals surface area contributed by atoms with Gasteiger partial charge in [0, 0.05) is 34.6 Å². The van der Waals surface area contributed by atoms with Gasteiger partial charge in [-0.1, -0.05) is 29.8 Å². The highest BCUT2D eigenvalue weighted by Gasteiger charge is 2.12. The second-order valence-corrected chi connectivity index (χ2v) is 6.22. The lowest BCUT2D eigenvalue weighted by Crippen LogP contribution is -2.28. The van der Waals surface area contributed by atoms with Crippen LogP contribution in [0.5, 0.6) is 0 Å². The van der Waals surface area contributed by atoms with Crippen LogP contribution in [0.15, 0.2) is 34.0 Å². The molecule has 1 aromatic heterocycles. The number of halogens is 1. The van der Waals surface area contributed by atoms with Crippen LogP contribution in [0.1, 0.15) is 5.56 Å². The summed E-state index contributed by atoms with van der Waals surface area (Å²) < 4.78 is 11.1. The van der Waals surface area contributed by atoms with E-state index in [9.17, 15) is 13.8 Å². The first kappa shape index (κ1) is 14.7. The van der Waals surface area contributed by atoms with Gasteiger partial charge in [-0.05, 0) is 12.0 Å². The van der Waals surface area contributed by atoms with Gasteiger partial charge in [0.15, 0.2) is 0 Å². The van der Waals surface area contributed by atoms with E-state index in [4.69, 9.17) is 11.6 Å². The molecule has 106 valence electrons. The Kier molecular flexibility index (Phi) is 4.57. The van der Waals surface area contributed by atoms with Gasteiger partial charge >= 0.3 is 5.56 Å². The van der Waals surface area contributed by atoms with E-state index >= 15 is 0 Å². The van der Waals surface area contributed by atoms with E-state index in [0.29, 0.717) is 22.8 Å². The van der Waals surface area contributed by atoms with Gasteiger partial charge in [-0.2, -0.15) is 0 Å². The van der Waals surface area contributed by atoms with Crippen molar-refractivity contribution in [3.8, 4) is 11.1 Å². The van der Waals surface area contributed by atoms with Crippen LogP contribution < -0.4 is 11.0 Å². The van der Waals surface area contributed by atoms with Crippen LogP contribution in [-0.4, -0.2) is 26.4 Å². The molecule has 0 aliphatic rings. The molecule has 0 aliphatic carbocycles. The standard InChI is InChI=1S/C13H13ClN2O3S/c1-20(19)6-5-8-3-2-4-9(11(8)14)10-7-15-16-13(18)12(10)17/h2-4,7H,5-6H2,1H3,(H,15,17)(H,16,18)/t20-/m0/s1. The van der Waals surface area contributed by atoms with E-state index in [2.05, 4.69) is 10.2 Å². The van der Waals surface area contributed by atoms with Crippen LogP contribution >= 0.6 is 11.6 Å². The van der Waals surface area contributed by atoms with Crippen molar-refractivity contribution in [1.29, 1.82) is 0 Å². The number of hydrogen-bond acceptors (Lipinski definition) is 3. The van der Waals surface area contributed by atoms with Crippen molar-refractivity contribution in [3.05, 3.63) is 55.6 Å². The molecule has 1 aromatic carbocycles. The minimum atomic E-state index is -0.915. The molecule has 0 spiro atoms. The fourth-order valence-corrected chi connectivity index (χ4v) is 2.68. The maximum absolute atomic E-state index is 11.8. The Labute approximate surface area is 122 Å². The second-order valence-electron chi connectivity index (χ2n) is 4.29. The molecular weight excluding hydrogens is 300 g/mol. The molecule has 0 unspecified atom stereocenters. The normalized spacial score (nSPS) is 12.3. The van der Waals surface area contributed by atoms with Crippen molar-refractivity contribution >= 4 is 22.4 Å². The second kappa shape index (κ2) is 6.19. The first-order chi connectivity index (χ1) is 9.50. The third kappa shape index (κ3) is 3.08. The Balaban J connectivity index is 2.50. The summed E-state index contributed by atoms with van der Waals surface area (Å²) in [6, 6.07) is 5.26. The molecule has 0 aliphatic heterocycles. The summed E-state index contributed by atoms with van der Waals surface area (Å²) in [4.78, 5) is 23.2. The average Bonchev–Trinajstić information content (AvgIpc) is 2.41. The van der Waals surface area contributed by atoms with Crippen molar-refractivity contribution in [1.82, 2.24) is 10.2 Å². The number of benzene rings is 1. The number of rotatable bonds is 4. The largest absolute Gasteiger partial charge is 0.310 e. The van der Waals surface area contributed by atoms with Crippen molar-refractivity contribution in [3.63, 3.8) is 0 Å². The summed E-state index contributed by atoms with van der Waals surface area (Å²) in [7, 11) is -0.915. The third-order valence-corrected chi connectivity index (χ3v) is 4.11. The lowest BCUT2D eigenvalue weighted by Gasteiger charge is -2.08. The van der Waals surface area contributed by atoms with Crippen molar-refractivity contribution in [2.45, 2.75) is 6.42 Å². The van der Waals surface area contributed by atoms with Crippen LogP contribution in [0.4, 0.5) is 0 Å². The molecule has 0 amide bonds. The first-order valence-electron chi connectivity index (χ1n) is 5.89. The summed E-state index contributed by atoms with van der Waals surface area (Å²) in [5.74, 6) is 0.495. The zero-order valence-electron chi connectivity index (χ0n) is 10.7. The highest BCUT2D eigenvalue weighted by Crippen LogP contribution is 2.28. The molecule has 20 heavy (non-hydrogen) atoms. The summed E-state index contributed by atoms with van der Waals surface area (Å²) in [6.07, 6.45) is 3.59. The maximum atomic E-state index is 11.8. The van der Waals surface area contributed by atoms with Gasteiger partial charge in [0.05, 0.1) is 10.6 Å². The summed E-state index contributed by atoms with van der Waals surface area (Å²) in [5.41, 5.74) is 0.163. The van der Waals surface area contributed by atoms with Gasteiger partial charge in [0.1, 0.15) is 0 Å². The van der Waals surface area contributed by atoms with Crippen LogP contribution in [0.25, 0.3) is 11.1 Å². The van der Waals surface area contributed by atoms with Gasteiger partial charge in [0.25, 0.3) is 5.43 Å². The highest BCUT2D eigenvalue weighted by atomic mass is 35.5. The Morgan fingerprint density at radius 2 is 2.00 bits per heavy atom. The van der Waals surface area contributed by atoms with E-state index in [0.717, 1.165) is 5.56 Å². The fraction of sp³-hybridized carbons (Fsp3) is 0.231. The molecule has 0 fully saturated rings. The molecule has 1 atom stereocenters. The summed E-state index contributed by atoms with van der Waals surface area (Å²) in [5, 5.41) is 5.14. The van der Waals surface area contributed by atoms with Crippen LogP contribution in [0.2, 0.25) is 5.02 Å². The minimum absolute atomic E-state index is 0.221. The topological polar surface area (TPSA) is 82.8 Å². The van der Waals surface area contributed by atoms with Crippen molar-refractivity contribution in [2.75, 3.05) is 12.0 Å². The molecule has 0 radical (unpaired) electrons. The Morgan fingerprint density at radius 1 is 1.25 bits per heavy atom. The number of H-pyrrole nitrogens is 2. The predicted molar refractivity (Wildman–Crippen MR) is 80.8 cm³/mol. The Hall–Kier alpha value is -1.66. The maximum Gasteiger partial charge on any atom is 0.310 e. The molecular formula is C13H13ClN2O3S. The first-order valence-corrected chi connectivity index (χ1v) is 7.99. The zero-order valence-corrected chi connectivity index (χ0v) is 12.3. The van der Waals surface area contributed by atoms with Crippen LogP contribution in [-0.2, 0) is 17.2 Å². The van der Waals surface area contributed by atoms with Gasteiger partial charge in [-0.3, -0.25) is 18.9 Å².